The van der Waals surface area contributed by atoms with Gasteiger partial charge in [-0.05, 0) is 89.9 Å². The van der Waals surface area contributed by atoms with E-state index < -0.39 is 6.10 Å². The molecule has 0 rings (SSSR count). The normalized spacial score (nSPS) is 12.7. The van der Waals surface area contributed by atoms with E-state index in [0.29, 0.717) is 19.4 Å². The van der Waals surface area contributed by atoms with Crippen LogP contribution >= 0.6 is 0 Å². The highest BCUT2D eigenvalue weighted by atomic mass is 16.6. The second kappa shape index (κ2) is 60.6. The summed E-state index contributed by atoms with van der Waals surface area (Å²) in [5, 5.41) is 0. The molecule has 0 aromatic rings. The average molecular weight is 978 g/mol. The predicted octanol–water partition coefficient (Wildman–Crippen LogP) is 21.0. The number of carbonyl (C=O) groups excluding carboxylic acids is 2. The van der Waals surface area contributed by atoms with Crippen LogP contribution in [0.2, 0.25) is 0 Å². The molecule has 70 heavy (non-hydrogen) atoms. The number of carbonyl (C=O) groups is 2. The van der Waals surface area contributed by atoms with Crippen LogP contribution in [0.15, 0.2) is 72.9 Å². The Kier molecular flexibility index (Phi) is 58.3. The summed E-state index contributed by atoms with van der Waals surface area (Å²) >= 11 is 0. The number of rotatable bonds is 56. The fourth-order valence-corrected chi connectivity index (χ4v) is 8.71. The van der Waals surface area contributed by atoms with E-state index in [9.17, 15) is 9.59 Å². The van der Waals surface area contributed by atoms with Crippen molar-refractivity contribution in [1.82, 2.24) is 0 Å². The minimum atomic E-state index is -0.553. The van der Waals surface area contributed by atoms with Crippen molar-refractivity contribution in [1.29, 1.82) is 0 Å². The molecular weight excluding hydrogens is 861 g/mol. The average Bonchev–Trinajstić information content (AvgIpc) is 3.36. The van der Waals surface area contributed by atoms with E-state index >= 15 is 0 Å². The molecule has 0 aromatic heterocycles. The number of hydrogen-bond donors (Lipinski definition) is 0. The molecule has 5 nitrogen and oxygen atoms in total. The van der Waals surface area contributed by atoms with E-state index in [-0.39, 0.29) is 25.2 Å². The van der Waals surface area contributed by atoms with Crippen LogP contribution in [0.5, 0.6) is 0 Å². The maximum atomic E-state index is 12.9. The first-order chi connectivity index (χ1) is 34.6. The lowest BCUT2D eigenvalue weighted by atomic mass is 10.0. The van der Waals surface area contributed by atoms with Gasteiger partial charge in [-0.15, -0.1) is 0 Å². The molecule has 0 radical (unpaired) electrons. The Hall–Kier alpha value is -2.66. The summed E-state index contributed by atoms with van der Waals surface area (Å²) in [5.41, 5.74) is 0. The SMILES string of the molecule is CC/C=C\C/C=C\C/C=C\C/C=C\C/C=C\CCCCCC(=O)OCC(COCCCCCCCCCC/C=C\CCCCCCCC)OC(=O)CCCCCCCCCCCCCCCCCCC. The summed E-state index contributed by atoms with van der Waals surface area (Å²) in [5.74, 6) is -0.422. The van der Waals surface area contributed by atoms with Gasteiger partial charge in [0.2, 0.25) is 0 Å². The zero-order chi connectivity index (χ0) is 50.6. The number of esters is 2. The monoisotopic (exact) mass is 977 g/mol. The van der Waals surface area contributed by atoms with Gasteiger partial charge < -0.3 is 14.2 Å². The largest absolute Gasteiger partial charge is 0.462 e. The highest BCUT2D eigenvalue weighted by Gasteiger charge is 2.17. The molecule has 0 amide bonds. The van der Waals surface area contributed by atoms with Crippen molar-refractivity contribution in [3.63, 3.8) is 0 Å². The van der Waals surface area contributed by atoms with Gasteiger partial charge >= 0.3 is 11.9 Å². The van der Waals surface area contributed by atoms with Gasteiger partial charge in [-0.25, -0.2) is 0 Å². The topological polar surface area (TPSA) is 61.8 Å². The number of unbranched alkanes of at least 4 members (excludes halogenated alkanes) is 33. The fraction of sp³-hybridized carbons (Fsp3) is 0.785. The van der Waals surface area contributed by atoms with Crippen molar-refractivity contribution in [2.24, 2.45) is 0 Å². The molecule has 0 aromatic carbocycles. The van der Waals surface area contributed by atoms with Crippen molar-refractivity contribution in [2.45, 2.75) is 309 Å². The quantitative estimate of drug-likeness (QED) is 0.0345. The van der Waals surface area contributed by atoms with E-state index in [1.165, 1.54) is 186 Å². The van der Waals surface area contributed by atoms with Crippen LogP contribution in [0.4, 0.5) is 0 Å². The Bertz CT molecular complexity index is 1240. The van der Waals surface area contributed by atoms with Crippen LogP contribution in [0.1, 0.15) is 303 Å². The lowest BCUT2D eigenvalue weighted by Crippen LogP contribution is -2.30. The van der Waals surface area contributed by atoms with Crippen LogP contribution < -0.4 is 0 Å². The molecule has 0 aliphatic heterocycles. The molecule has 0 spiro atoms. The van der Waals surface area contributed by atoms with Gasteiger partial charge in [-0.2, -0.15) is 0 Å². The van der Waals surface area contributed by atoms with Gasteiger partial charge in [0, 0.05) is 19.4 Å². The Morgan fingerprint density at radius 1 is 0.329 bits per heavy atom. The number of allylic oxidation sites excluding steroid dienone is 12. The first-order valence-corrected chi connectivity index (χ1v) is 30.5. The van der Waals surface area contributed by atoms with Gasteiger partial charge in [0.25, 0.3) is 0 Å². The molecule has 406 valence electrons. The van der Waals surface area contributed by atoms with E-state index in [1.807, 2.05) is 0 Å². The van der Waals surface area contributed by atoms with Crippen LogP contribution in [-0.2, 0) is 23.8 Å². The minimum absolute atomic E-state index is 0.0680. The fourth-order valence-electron chi connectivity index (χ4n) is 8.71. The molecule has 0 bridgehead atoms. The molecule has 0 saturated heterocycles. The molecule has 1 unspecified atom stereocenters. The molecule has 0 aliphatic carbocycles. The van der Waals surface area contributed by atoms with Crippen LogP contribution in [0.3, 0.4) is 0 Å². The Balaban J connectivity index is 4.32. The molecule has 0 aliphatic rings. The molecular formula is C65H116O5. The smallest absolute Gasteiger partial charge is 0.306 e. The number of hydrogen-bond acceptors (Lipinski definition) is 5. The maximum Gasteiger partial charge on any atom is 0.306 e. The lowest BCUT2D eigenvalue weighted by molar-refractivity contribution is -0.163. The minimum Gasteiger partial charge on any atom is -0.462 e. The van der Waals surface area contributed by atoms with Crippen molar-refractivity contribution < 1.29 is 23.8 Å². The Morgan fingerprint density at radius 3 is 1.06 bits per heavy atom. The first kappa shape index (κ1) is 67.3. The van der Waals surface area contributed by atoms with Gasteiger partial charge in [0.15, 0.2) is 6.10 Å². The summed E-state index contributed by atoms with van der Waals surface area (Å²) in [6, 6.07) is 0. The first-order valence-electron chi connectivity index (χ1n) is 30.5. The van der Waals surface area contributed by atoms with Crippen molar-refractivity contribution >= 4 is 11.9 Å². The Labute approximate surface area is 436 Å². The van der Waals surface area contributed by atoms with Crippen molar-refractivity contribution in [3.05, 3.63) is 72.9 Å². The molecule has 1 atom stereocenters. The highest BCUT2D eigenvalue weighted by Crippen LogP contribution is 2.16. The van der Waals surface area contributed by atoms with Crippen LogP contribution in [-0.4, -0.2) is 37.9 Å². The molecule has 5 heteroatoms. The van der Waals surface area contributed by atoms with E-state index in [2.05, 4.69) is 93.7 Å². The summed E-state index contributed by atoms with van der Waals surface area (Å²) in [4.78, 5) is 25.6. The lowest BCUT2D eigenvalue weighted by Gasteiger charge is -2.18. The highest BCUT2D eigenvalue weighted by molar-refractivity contribution is 5.70. The zero-order valence-electron chi connectivity index (χ0n) is 46.8. The molecule has 0 N–H and O–H groups in total. The van der Waals surface area contributed by atoms with E-state index in [4.69, 9.17) is 14.2 Å². The second-order valence-corrected chi connectivity index (χ2v) is 20.2. The van der Waals surface area contributed by atoms with E-state index in [0.717, 1.165) is 83.5 Å². The third-order valence-corrected chi connectivity index (χ3v) is 13.2. The van der Waals surface area contributed by atoms with Gasteiger partial charge in [0.05, 0.1) is 6.61 Å². The molecule has 0 fully saturated rings. The zero-order valence-corrected chi connectivity index (χ0v) is 46.8. The van der Waals surface area contributed by atoms with Crippen LogP contribution in [0.25, 0.3) is 0 Å². The third-order valence-electron chi connectivity index (χ3n) is 13.2. The molecule has 0 heterocycles. The van der Waals surface area contributed by atoms with E-state index in [1.54, 1.807) is 0 Å². The third kappa shape index (κ3) is 57.9. The van der Waals surface area contributed by atoms with Gasteiger partial charge in [-0.1, -0.05) is 273 Å². The second-order valence-electron chi connectivity index (χ2n) is 20.2. The van der Waals surface area contributed by atoms with Gasteiger partial charge in [0.1, 0.15) is 6.61 Å². The predicted molar refractivity (Wildman–Crippen MR) is 307 cm³/mol. The van der Waals surface area contributed by atoms with Crippen molar-refractivity contribution in [2.75, 3.05) is 19.8 Å². The van der Waals surface area contributed by atoms with Crippen LogP contribution in [0, 0.1) is 0 Å². The van der Waals surface area contributed by atoms with Gasteiger partial charge in [-0.3, -0.25) is 9.59 Å². The summed E-state index contributed by atoms with van der Waals surface area (Å²) in [6.45, 7) is 7.72. The standard InChI is InChI=1S/C65H116O5/c1-4-7-10-13-16-19-22-25-28-31-33-35-37-40-43-46-49-52-55-58-64(66)69-62-63(61-68-60-57-54-51-48-45-42-39-36-32-29-26-23-20-17-14-11-8-5-2)70-65(67)59-56-53-50-47-44-41-38-34-30-27-24-21-18-15-12-9-6-3/h7,10,16,19,25-26,28-29,33,35,40,43,63H,4-6,8-9,11-15,17-18,20-24,27,30-32,34,36-39,41-42,44-62H2,1-3H3/b10-7-,19-16-,28-25-,29-26-,35-33-,43-40-. The van der Waals surface area contributed by atoms with Crippen molar-refractivity contribution in [3.8, 4) is 0 Å². The molecule has 0 saturated carbocycles. The Morgan fingerprint density at radius 2 is 0.643 bits per heavy atom. The summed E-state index contributed by atoms with van der Waals surface area (Å²) in [7, 11) is 0. The summed E-state index contributed by atoms with van der Waals surface area (Å²) < 4.78 is 17.5. The number of ether oxygens (including phenoxy) is 3. The maximum absolute atomic E-state index is 12.9. The summed E-state index contributed by atoms with van der Waals surface area (Å²) in [6.07, 6.45) is 79.3.